The Morgan fingerprint density at radius 3 is 2.43 bits per heavy atom. The van der Waals surface area contributed by atoms with Crippen molar-refractivity contribution in [2.24, 2.45) is 0 Å². The number of hydrogen-bond acceptors (Lipinski definition) is 4. The van der Waals surface area contributed by atoms with E-state index in [-0.39, 0.29) is 23.4 Å². The minimum absolute atomic E-state index is 0.131. The van der Waals surface area contributed by atoms with Gasteiger partial charge in [0.25, 0.3) is 0 Å². The van der Waals surface area contributed by atoms with Gasteiger partial charge in [-0.25, -0.2) is 13.6 Å². The van der Waals surface area contributed by atoms with Gasteiger partial charge in [0.2, 0.25) is 0 Å². The highest BCUT2D eigenvalue weighted by molar-refractivity contribution is 5.95. The van der Waals surface area contributed by atoms with Gasteiger partial charge in [-0.3, -0.25) is 0 Å². The molecule has 0 heterocycles. The zero-order valence-corrected chi connectivity index (χ0v) is 11.2. The summed E-state index contributed by atoms with van der Waals surface area (Å²) in [4.78, 5) is 11.9. The van der Waals surface area contributed by atoms with Crippen LogP contribution in [0.5, 0.6) is 5.75 Å². The molecule has 0 amide bonds. The Kier molecular flexibility index (Phi) is 4.37. The third-order valence-corrected chi connectivity index (χ3v) is 2.77. The number of esters is 1. The van der Waals surface area contributed by atoms with E-state index in [1.54, 1.807) is 6.07 Å². The molecule has 0 aliphatic heterocycles. The molecule has 0 saturated heterocycles. The van der Waals surface area contributed by atoms with E-state index < -0.39 is 17.6 Å². The van der Waals surface area contributed by atoms with Crippen LogP contribution in [-0.4, -0.2) is 13.1 Å². The number of rotatable bonds is 4. The molecule has 6 heteroatoms. The van der Waals surface area contributed by atoms with Crippen molar-refractivity contribution in [1.82, 2.24) is 0 Å². The third-order valence-electron chi connectivity index (χ3n) is 2.77. The van der Waals surface area contributed by atoms with Crippen LogP contribution in [0.1, 0.15) is 15.9 Å². The smallest absolute Gasteiger partial charge is 0.340 e. The van der Waals surface area contributed by atoms with Crippen molar-refractivity contribution in [3.63, 3.8) is 0 Å². The molecular weight excluding hydrogens is 280 g/mol. The first-order chi connectivity index (χ1) is 9.99. The van der Waals surface area contributed by atoms with E-state index in [2.05, 4.69) is 0 Å². The van der Waals surface area contributed by atoms with E-state index in [1.165, 1.54) is 19.2 Å². The van der Waals surface area contributed by atoms with E-state index in [1.807, 2.05) is 0 Å². The van der Waals surface area contributed by atoms with Gasteiger partial charge in [-0.1, -0.05) is 0 Å². The quantitative estimate of drug-likeness (QED) is 0.695. The number of carbonyl (C=O) groups is 1. The molecular formula is C15H13F2NO3. The van der Waals surface area contributed by atoms with Crippen molar-refractivity contribution in [3.8, 4) is 5.75 Å². The van der Waals surface area contributed by atoms with E-state index in [4.69, 9.17) is 15.2 Å². The van der Waals surface area contributed by atoms with Crippen LogP contribution in [0, 0.1) is 11.6 Å². The molecule has 0 radical (unpaired) electrons. The fourth-order valence-electron chi connectivity index (χ4n) is 1.76. The molecule has 2 N–H and O–H groups in total. The number of carbonyl (C=O) groups excluding carboxylic acids is 1. The van der Waals surface area contributed by atoms with E-state index in [0.29, 0.717) is 5.75 Å². The summed E-state index contributed by atoms with van der Waals surface area (Å²) in [5, 5.41) is 0. The second-order valence-corrected chi connectivity index (χ2v) is 4.31. The van der Waals surface area contributed by atoms with Crippen LogP contribution in [0.15, 0.2) is 36.4 Å². The van der Waals surface area contributed by atoms with E-state index in [0.717, 1.165) is 18.2 Å². The fraction of sp³-hybridized carbons (Fsp3) is 0.133. The maximum atomic E-state index is 13.0. The average Bonchev–Trinajstić information content (AvgIpc) is 2.44. The average molecular weight is 293 g/mol. The summed E-state index contributed by atoms with van der Waals surface area (Å²) in [5.74, 6) is -1.71. The van der Waals surface area contributed by atoms with Crippen molar-refractivity contribution in [2.75, 3.05) is 12.8 Å². The molecule has 110 valence electrons. The first-order valence-electron chi connectivity index (χ1n) is 6.05. The summed E-state index contributed by atoms with van der Waals surface area (Å²) in [6.07, 6.45) is 0. The number of nitrogens with two attached hydrogens (primary N) is 1. The molecule has 0 aromatic heterocycles. The van der Waals surface area contributed by atoms with Crippen molar-refractivity contribution in [3.05, 3.63) is 59.2 Å². The lowest BCUT2D eigenvalue weighted by Crippen LogP contribution is -2.09. The molecule has 2 aromatic carbocycles. The number of ether oxygens (including phenoxy) is 2. The number of halogens is 2. The van der Waals surface area contributed by atoms with Gasteiger partial charge >= 0.3 is 5.97 Å². The Morgan fingerprint density at radius 2 is 1.81 bits per heavy atom. The summed E-state index contributed by atoms with van der Waals surface area (Å²) in [7, 11) is 1.45. The molecule has 0 bridgehead atoms. The van der Waals surface area contributed by atoms with Gasteiger partial charge in [0.15, 0.2) is 0 Å². The minimum Gasteiger partial charge on any atom is -0.497 e. The molecule has 2 rings (SSSR count). The zero-order chi connectivity index (χ0) is 15.4. The monoisotopic (exact) mass is 293 g/mol. The van der Waals surface area contributed by atoms with E-state index >= 15 is 0 Å². The molecule has 0 aliphatic carbocycles. The van der Waals surface area contributed by atoms with Crippen LogP contribution in [0.2, 0.25) is 0 Å². The molecule has 0 saturated carbocycles. The van der Waals surface area contributed by atoms with Crippen molar-refractivity contribution < 1.29 is 23.0 Å². The largest absolute Gasteiger partial charge is 0.497 e. The highest BCUT2D eigenvalue weighted by atomic mass is 19.1. The van der Waals surface area contributed by atoms with Crippen molar-refractivity contribution in [1.29, 1.82) is 0 Å². The van der Waals surface area contributed by atoms with Crippen LogP contribution in [0.25, 0.3) is 0 Å². The Balaban J connectivity index is 2.11. The summed E-state index contributed by atoms with van der Waals surface area (Å²) in [6, 6.07) is 7.47. The van der Waals surface area contributed by atoms with Gasteiger partial charge < -0.3 is 15.2 Å². The zero-order valence-electron chi connectivity index (χ0n) is 11.2. The molecule has 0 atom stereocenters. The van der Waals surface area contributed by atoms with Crippen LogP contribution >= 0.6 is 0 Å². The summed E-state index contributed by atoms with van der Waals surface area (Å²) in [5.41, 5.74) is 6.26. The topological polar surface area (TPSA) is 61.5 Å². The Labute approximate surface area is 120 Å². The second kappa shape index (κ2) is 6.21. The predicted octanol–water partition coefficient (Wildman–Crippen LogP) is 2.91. The first kappa shape index (κ1) is 14.8. The molecule has 0 fully saturated rings. The third kappa shape index (κ3) is 3.68. The molecule has 0 aliphatic rings. The van der Waals surface area contributed by atoms with Gasteiger partial charge in [0.1, 0.15) is 24.0 Å². The summed E-state index contributed by atoms with van der Waals surface area (Å²) in [6.45, 7) is -0.260. The standard InChI is InChI=1S/C15H13F2NO3/c1-20-12-2-3-14(18)13(7-12)15(19)21-8-9-4-10(16)6-11(17)5-9/h2-7H,8,18H2,1H3. The summed E-state index contributed by atoms with van der Waals surface area (Å²) >= 11 is 0. The highest BCUT2D eigenvalue weighted by Gasteiger charge is 2.13. The van der Waals surface area contributed by atoms with Crippen LogP contribution < -0.4 is 10.5 Å². The van der Waals surface area contributed by atoms with Crippen LogP contribution in [0.4, 0.5) is 14.5 Å². The van der Waals surface area contributed by atoms with E-state index in [9.17, 15) is 13.6 Å². The number of hydrogen-bond donors (Lipinski definition) is 1. The lowest BCUT2D eigenvalue weighted by Gasteiger charge is -2.09. The van der Waals surface area contributed by atoms with Gasteiger partial charge in [-0.2, -0.15) is 0 Å². The van der Waals surface area contributed by atoms with Crippen molar-refractivity contribution in [2.45, 2.75) is 6.61 Å². The van der Waals surface area contributed by atoms with Crippen LogP contribution in [0.3, 0.4) is 0 Å². The fourth-order valence-corrected chi connectivity index (χ4v) is 1.76. The molecule has 0 spiro atoms. The predicted molar refractivity (Wildman–Crippen MR) is 72.9 cm³/mol. The lowest BCUT2D eigenvalue weighted by molar-refractivity contribution is 0.0472. The molecule has 0 unspecified atom stereocenters. The molecule has 2 aromatic rings. The van der Waals surface area contributed by atoms with Crippen LogP contribution in [-0.2, 0) is 11.3 Å². The Hall–Kier alpha value is -2.63. The maximum absolute atomic E-state index is 13.0. The summed E-state index contributed by atoms with van der Waals surface area (Å²) < 4.78 is 36.0. The SMILES string of the molecule is COc1ccc(N)c(C(=O)OCc2cc(F)cc(F)c2)c1. The molecule has 21 heavy (non-hydrogen) atoms. The van der Waals surface area contributed by atoms with Gasteiger partial charge in [-0.05, 0) is 35.9 Å². The lowest BCUT2D eigenvalue weighted by atomic mass is 10.1. The number of benzene rings is 2. The normalized spacial score (nSPS) is 10.2. The van der Waals surface area contributed by atoms with Gasteiger partial charge in [0, 0.05) is 11.8 Å². The Bertz CT molecular complexity index is 654. The first-order valence-corrected chi connectivity index (χ1v) is 6.05. The number of anilines is 1. The number of nitrogen functional groups attached to an aromatic ring is 1. The van der Waals surface area contributed by atoms with Gasteiger partial charge in [-0.15, -0.1) is 0 Å². The number of methoxy groups -OCH3 is 1. The minimum atomic E-state index is -0.734. The highest BCUT2D eigenvalue weighted by Crippen LogP contribution is 2.21. The van der Waals surface area contributed by atoms with Gasteiger partial charge in [0.05, 0.1) is 12.7 Å². The van der Waals surface area contributed by atoms with Crippen molar-refractivity contribution >= 4 is 11.7 Å². The maximum Gasteiger partial charge on any atom is 0.340 e. The Morgan fingerprint density at radius 1 is 1.14 bits per heavy atom. The molecule has 4 nitrogen and oxygen atoms in total. The second-order valence-electron chi connectivity index (χ2n) is 4.31.